The Hall–Kier alpha value is -5.85. The van der Waals surface area contributed by atoms with E-state index in [4.69, 9.17) is 27.9 Å². The molecule has 2 N–H and O–H groups in total. The van der Waals surface area contributed by atoms with E-state index in [-0.39, 0.29) is 55.0 Å². The fraction of sp³-hybridized carbons (Fsp3) is 0.390. The van der Waals surface area contributed by atoms with Gasteiger partial charge in [0.15, 0.2) is 0 Å². The summed E-state index contributed by atoms with van der Waals surface area (Å²) < 4.78 is 41.4. The number of nitrogens with zero attached hydrogens (tertiary/aromatic N) is 6. The van der Waals surface area contributed by atoms with Crippen molar-refractivity contribution in [2.45, 2.75) is 150 Å². The number of hydrogen-bond acceptors (Lipinski definition) is 10. The highest BCUT2D eigenvalue weighted by molar-refractivity contribution is 9.10. The molecule has 4 aromatic carbocycles. The number of aryl methyl sites for hydroxylation is 1. The van der Waals surface area contributed by atoms with Crippen LogP contribution in [0.25, 0.3) is 44.5 Å². The zero-order valence-electron chi connectivity index (χ0n) is 47.4. The number of benzene rings is 4. The van der Waals surface area contributed by atoms with Crippen LogP contribution in [0, 0.1) is 0 Å². The van der Waals surface area contributed by atoms with Crippen LogP contribution >= 0.6 is 15.9 Å². The number of rotatable bonds is 9. The van der Waals surface area contributed by atoms with Crippen LogP contribution in [-0.4, -0.2) is 94.9 Å². The van der Waals surface area contributed by atoms with Gasteiger partial charge >= 0.3 is 21.4 Å². The lowest BCUT2D eigenvalue weighted by atomic mass is 9.78. The zero-order valence-corrected chi connectivity index (χ0v) is 49.0. The van der Waals surface area contributed by atoms with Gasteiger partial charge in [-0.1, -0.05) is 101 Å². The van der Waals surface area contributed by atoms with Crippen LogP contribution in [0.15, 0.2) is 151 Å². The Balaban J connectivity index is 0.000000139. The first kappa shape index (κ1) is 57.3. The largest absolute Gasteiger partial charge is 0.494 e. The minimum absolute atomic E-state index is 0.305. The molecule has 8 aromatic rings. The van der Waals surface area contributed by atoms with Gasteiger partial charge in [0.1, 0.15) is 0 Å². The quantitative estimate of drug-likeness (QED) is 0.134. The molecule has 4 aromatic heterocycles. The third-order valence-corrected chi connectivity index (χ3v) is 16.1. The summed E-state index contributed by atoms with van der Waals surface area (Å²) in [6.45, 7) is 32.0. The maximum atomic E-state index is 6.09. The number of nitrogens with one attached hydrogen (secondary N) is 2. The Bertz CT molecular complexity index is 3090. The third kappa shape index (κ3) is 13.2. The molecule has 402 valence electrons. The van der Waals surface area contributed by atoms with E-state index < -0.39 is 0 Å². The van der Waals surface area contributed by atoms with Crippen molar-refractivity contribution in [3.05, 3.63) is 151 Å². The Morgan fingerprint density at radius 3 is 1.03 bits per heavy atom. The molecule has 3 aliphatic rings. The van der Waals surface area contributed by atoms with Crippen LogP contribution in [0.4, 0.5) is 0 Å². The van der Waals surface area contributed by atoms with Crippen molar-refractivity contribution in [2.24, 2.45) is 0 Å². The van der Waals surface area contributed by atoms with E-state index in [0.29, 0.717) is 6.04 Å². The second kappa shape index (κ2) is 22.9. The van der Waals surface area contributed by atoms with Crippen molar-refractivity contribution in [3.63, 3.8) is 0 Å². The molecule has 0 atom stereocenters. The van der Waals surface area contributed by atoms with E-state index in [2.05, 4.69) is 236 Å². The fourth-order valence-electron chi connectivity index (χ4n) is 8.35. The van der Waals surface area contributed by atoms with Gasteiger partial charge in [0, 0.05) is 64.1 Å². The summed E-state index contributed by atoms with van der Waals surface area (Å²) in [5, 5.41) is 22.2. The van der Waals surface area contributed by atoms with Crippen LogP contribution in [0.5, 0.6) is 0 Å². The van der Waals surface area contributed by atoms with Crippen LogP contribution in [-0.2, 0) is 34.5 Å². The normalized spacial score (nSPS) is 18.3. The maximum absolute atomic E-state index is 6.09. The highest BCUT2D eigenvalue weighted by Gasteiger charge is 2.53. The molecule has 11 rings (SSSR count). The molecule has 77 heavy (non-hydrogen) atoms. The second-order valence-electron chi connectivity index (χ2n) is 23.0. The highest BCUT2D eigenvalue weighted by atomic mass is 79.9. The van der Waals surface area contributed by atoms with Crippen LogP contribution in [0.1, 0.15) is 110 Å². The molecule has 14 nitrogen and oxygen atoms in total. The van der Waals surface area contributed by atoms with Gasteiger partial charge in [0.05, 0.1) is 58.4 Å². The van der Waals surface area contributed by atoms with E-state index >= 15 is 0 Å². The minimum Gasteiger partial charge on any atom is -0.399 e. The maximum Gasteiger partial charge on any atom is 0.494 e. The molecular formula is C59H74B3BrN8O6. The van der Waals surface area contributed by atoms with Crippen molar-refractivity contribution in [3.8, 4) is 44.5 Å². The molecule has 0 saturated carbocycles. The number of hydrogen-bond donors (Lipinski definition) is 2. The Kier molecular flexibility index (Phi) is 17.0. The number of aromatic amines is 2. The first-order valence-electron chi connectivity index (χ1n) is 26.4. The van der Waals surface area contributed by atoms with Gasteiger partial charge in [0.25, 0.3) is 0 Å². The van der Waals surface area contributed by atoms with E-state index in [9.17, 15) is 0 Å². The average Bonchev–Trinajstić information content (AvgIpc) is 4.28. The SMILES string of the molecule is Brc1ccc(-c2cn[nH]c2)cc1.CC(C)n1cc(-c2ccc(B3OC(C)(C)C(C)(C)O3)cc2)cn1.CC1(C)OB(c2ccc(-c3cn[nH]c3)cc2)OC1(C)C.CCn1cc(-c2ccc(B3OC(C)(C)C(C)(C)O3)cc2)cn1. The predicted molar refractivity (Wildman–Crippen MR) is 314 cm³/mol. The fourth-order valence-corrected chi connectivity index (χ4v) is 8.61. The summed E-state index contributed by atoms with van der Waals surface area (Å²) in [7, 11) is -0.928. The molecule has 7 heterocycles. The molecule has 0 unspecified atom stereocenters. The standard InChI is InChI=1S/C18H25BN2O2.C17H23BN2O2.C15H19BN2O2.C9H7BrN2/c1-13(2)21-12-15(11-20-21)14-7-9-16(10-8-14)19-22-17(3,4)18(5,6)23-19;1-6-20-12-14(11-19-20)13-7-9-15(10-8-13)18-21-16(2,3)17(4,5)22-18;1-14(2)15(3,4)20-16(19-14)13-7-5-11(6-8-13)12-9-17-18-10-12;10-9-3-1-7(2-4-9)8-5-11-12-6-8/h7-13H,1-6H3;7-12H,6H2,1-5H3;5-10H,1-4H3,(H,17,18);1-6H,(H,11,12). The first-order chi connectivity index (χ1) is 36.3. The van der Waals surface area contributed by atoms with Gasteiger partial charge < -0.3 is 27.9 Å². The molecule has 0 amide bonds. The van der Waals surface area contributed by atoms with Gasteiger partial charge in [-0.3, -0.25) is 19.6 Å². The Morgan fingerprint density at radius 2 is 0.740 bits per heavy atom. The first-order valence-corrected chi connectivity index (χ1v) is 27.2. The molecule has 0 bridgehead atoms. The van der Waals surface area contributed by atoms with E-state index in [1.165, 1.54) is 5.56 Å². The van der Waals surface area contributed by atoms with Gasteiger partial charge in [-0.05, 0) is 155 Å². The number of halogens is 1. The van der Waals surface area contributed by atoms with E-state index in [0.717, 1.165) is 66.4 Å². The summed E-state index contributed by atoms with van der Waals surface area (Å²) in [4.78, 5) is 0. The van der Waals surface area contributed by atoms with E-state index in [1.54, 1.807) is 0 Å². The molecule has 0 aliphatic carbocycles. The zero-order chi connectivity index (χ0) is 55.6. The van der Waals surface area contributed by atoms with Crippen LogP contribution in [0.3, 0.4) is 0 Å². The van der Waals surface area contributed by atoms with Gasteiger partial charge in [-0.15, -0.1) is 0 Å². The molecule has 18 heteroatoms. The van der Waals surface area contributed by atoms with Gasteiger partial charge in [0.2, 0.25) is 0 Å². The van der Waals surface area contributed by atoms with Crippen molar-refractivity contribution >= 4 is 53.7 Å². The topological polar surface area (TPSA) is 148 Å². The predicted octanol–water partition coefficient (Wildman–Crippen LogP) is 11.5. The number of aromatic nitrogens is 8. The highest BCUT2D eigenvalue weighted by Crippen LogP contribution is 2.39. The Labute approximate surface area is 464 Å². The monoisotopic (exact) mass is 1100 g/mol. The molecule has 3 fully saturated rings. The van der Waals surface area contributed by atoms with Crippen LogP contribution in [0.2, 0.25) is 0 Å². The molecule has 3 saturated heterocycles. The third-order valence-electron chi connectivity index (χ3n) is 15.6. The summed E-state index contributed by atoms with van der Waals surface area (Å²) in [5.74, 6) is 0. The number of H-pyrrole nitrogens is 2. The smallest absolute Gasteiger partial charge is 0.399 e. The molecular weight excluding hydrogens is 1030 g/mol. The lowest BCUT2D eigenvalue weighted by Gasteiger charge is -2.32. The average molecular weight is 1100 g/mol. The second-order valence-corrected chi connectivity index (χ2v) is 23.9. The summed E-state index contributed by atoms with van der Waals surface area (Å²) in [6.07, 6.45) is 15.3. The lowest BCUT2D eigenvalue weighted by molar-refractivity contribution is 0.00578. The molecule has 0 spiro atoms. The van der Waals surface area contributed by atoms with Crippen LogP contribution < -0.4 is 16.4 Å². The summed E-state index contributed by atoms with van der Waals surface area (Å²) in [6, 6.07) is 33.4. The molecule has 0 radical (unpaired) electrons. The Morgan fingerprint density at radius 1 is 0.429 bits per heavy atom. The minimum atomic E-state index is -0.313. The lowest BCUT2D eigenvalue weighted by Crippen LogP contribution is -2.41. The van der Waals surface area contributed by atoms with Crippen molar-refractivity contribution < 1.29 is 27.9 Å². The van der Waals surface area contributed by atoms with E-state index in [1.807, 2.05) is 70.8 Å². The van der Waals surface area contributed by atoms with Crippen molar-refractivity contribution in [2.75, 3.05) is 0 Å². The summed E-state index contributed by atoms with van der Waals surface area (Å²) >= 11 is 3.39. The van der Waals surface area contributed by atoms with Crippen molar-refractivity contribution in [1.82, 2.24) is 40.0 Å². The summed E-state index contributed by atoms with van der Waals surface area (Å²) in [5.41, 5.74) is 10.3. The van der Waals surface area contributed by atoms with Gasteiger partial charge in [-0.2, -0.15) is 20.4 Å². The van der Waals surface area contributed by atoms with Gasteiger partial charge in [-0.25, -0.2) is 0 Å². The molecule has 3 aliphatic heterocycles. The van der Waals surface area contributed by atoms with Crippen molar-refractivity contribution in [1.29, 1.82) is 0 Å².